The summed E-state index contributed by atoms with van der Waals surface area (Å²) in [5.41, 5.74) is 1.84. The third-order valence-electron chi connectivity index (χ3n) is 3.89. The molecule has 0 fully saturated rings. The third kappa shape index (κ3) is 5.15. The first kappa shape index (κ1) is 20.0. The lowest BCUT2D eigenvalue weighted by atomic mass is 10.1. The van der Waals surface area contributed by atoms with Gasteiger partial charge in [0.15, 0.2) is 11.5 Å². The van der Waals surface area contributed by atoms with Gasteiger partial charge >= 0.3 is 0 Å². The van der Waals surface area contributed by atoms with E-state index in [1.165, 1.54) is 6.33 Å². The first-order valence-electron chi connectivity index (χ1n) is 8.45. The quantitative estimate of drug-likeness (QED) is 0.552. The Morgan fingerprint density at radius 3 is 2.43 bits per heavy atom. The number of hydrogen-bond donors (Lipinski definition) is 2. The van der Waals surface area contributed by atoms with Crippen molar-refractivity contribution in [2.45, 2.75) is 6.42 Å². The summed E-state index contributed by atoms with van der Waals surface area (Å²) in [6.07, 6.45) is 2.19. The van der Waals surface area contributed by atoms with E-state index in [0.29, 0.717) is 40.0 Å². The molecule has 0 saturated carbocycles. The molecule has 3 rings (SSSR count). The Morgan fingerprint density at radius 1 is 0.893 bits per heavy atom. The molecule has 1 aromatic heterocycles. The van der Waals surface area contributed by atoms with Gasteiger partial charge in [0.1, 0.15) is 6.33 Å². The predicted octanol–water partition coefficient (Wildman–Crippen LogP) is 4.59. The van der Waals surface area contributed by atoms with Gasteiger partial charge < -0.3 is 20.1 Å². The van der Waals surface area contributed by atoms with Gasteiger partial charge in [-0.25, -0.2) is 9.97 Å². The molecule has 0 aliphatic heterocycles. The van der Waals surface area contributed by atoms with E-state index >= 15 is 0 Å². The molecule has 0 aliphatic rings. The molecule has 0 radical (unpaired) electrons. The molecule has 2 aromatic carbocycles. The highest BCUT2D eigenvalue weighted by Gasteiger charge is 2.07. The number of benzene rings is 2. The van der Waals surface area contributed by atoms with E-state index in [0.717, 1.165) is 17.7 Å². The number of hydrogen-bond acceptors (Lipinski definition) is 7. The van der Waals surface area contributed by atoms with Crippen LogP contribution in [0.5, 0.6) is 11.5 Å². The van der Waals surface area contributed by atoms with E-state index in [-0.39, 0.29) is 0 Å². The summed E-state index contributed by atoms with van der Waals surface area (Å²) in [7, 11) is 3.17. The summed E-state index contributed by atoms with van der Waals surface area (Å²) in [4.78, 5) is 12.6. The molecule has 28 heavy (non-hydrogen) atoms. The van der Waals surface area contributed by atoms with Crippen LogP contribution in [0.4, 0.5) is 17.6 Å². The molecule has 0 aliphatic carbocycles. The Morgan fingerprint density at radius 2 is 1.68 bits per heavy atom. The average Bonchev–Trinajstić information content (AvgIpc) is 2.71. The van der Waals surface area contributed by atoms with Crippen LogP contribution in [0.1, 0.15) is 5.56 Å². The number of halogens is 2. The molecule has 1 heterocycles. The first-order chi connectivity index (χ1) is 13.6. The number of aromatic nitrogens is 3. The summed E-state index contributed by atoms with van der Waals surface area (Å²) in [5, 5.41) is 7.38. The van der Waals surface area contributed by atoms with Gasteiger partial charge in [0.2, 0.25) is 11.9 Å². The number of nitrogens with one attached hydrogen (secondary N) is 2. The number of ether oxygens (including phenoxy) is 2. The van der Waals surface area contributed by atoms with Crippen LogP contribution in [-0.2, 0) is 6.42 Å². The maximum absolute atomic E-state index is 6.04. The molecule has 9 heteroatoms. The predicted molar refractivity (Wildman–Crippen MR) is 111 cm³/mol. The Hall–Kier alpha value is -2.77. The van der Waals surface area contributed by atoms with E-state index in [4.69, 9.17) is 32.7 Å². The van der Waals surface area contributed by atoms with E-state index in [2.05, 4.69) is 25.6 Å². The summed E-state index contributed by atoms with van der Waals surface area (Å²) >= 11 is 12.0. The van der Waals surface area contributed by atoms with Crippen LogP contribution in [0.25, 0.3) is 0 Å². The van der Waals surface area contributed by atoms with Crippen molar-refractivity contribution in [2.24, 2.45) is 0 Å². The molecule has 7 nitrogen and oxygen atoms in total. The van der Waals surface area contributed by atoms with Crippen LogP contribution in [0.2, 0.25) is 10.0 Å². The van der Waals surface area contributed by atoms with Crippen molar-refractivity contribution in [2.75, 3.05) is 31.4 Å². The Labute approximate surface area is 173 Å². The fraction of sp³-hybridized carbons (Fsp3) is 0.211. The second kappa shape index (κ2) is 9.43. The van der Waals surface area contributed by atoms with Crippen molar-refractivity contribution in [1.29, 1.82) is 0 Å². The molecule has 146 valence electrons. The smallest absolute Gasteiger partial charge is 0.231 e. The van der Waals surface area contributed by atoms with Gasteiger partial charge in [-0.2, -0.15) is 4.98 Å². The van der Waals surface area contributed by atoms with Crippen molar-refractivity contribution < 1.29 is 9.47 Å². The number of methoxy groups -OCH3 is 2. The Kier molecular flexibility index (Phi) is 6.73. The van der Waals surface area contributed by atoms with Gasteiger partial charge in [-0.1, -0.05) is 29.3 Å². The number of nitrogens with zero attached hydrogens (tertiary/aromatic N) is 3. The van der Waals surface area contributed by atoms with Gasteiger partial charge in [0.05, 0.1) is 24.3 Å². The van der Waals surface area contributed by atoms with Gasteiger partial charge in [0, 0.05) is 18.3 Å². The van der Waals surface area contributed by atoms with Crippen LogP contribution < -0.4 is 20.1 Å². The largest absolute Gasteiger partial charge is 0.493 e. The summed E-state index contributed by atoms with van der Waals surface area (Å²) in [5.74, 6) is 2.15. The fourth-order valence-corrected chi connectivity index (χ4v) is 2.82. The van der Waals surface area contributed by atoms with E-state index in [1.807, 2.05) is 18.2 Å². The lowest BCUT2D eigenvalue weighted by molar-refractivity contribution is 0.355. The monoisotopic (exact) mass is 419 g/mol. The lowest BCUT2D eigenvalue weighted by Crippen LogP contribution is -2.09. The molecule has 0 spiro atoms. The summed E-state index contributed by atoms with van der Waals surface area (Å²) < 4.78 is 10.5. The van der Waals surface area contributed by atoms with Crippen LogP contribution in [0, 0.1) is 0 Å². The van der Waals surface area contributed by atoms with Crippen LogP contribution >= 0.6 is 23.2 Å². The molecule has 2 N–H and O–H groups in total. The highest BCUT2D eigenvalue weighted by Crippen LogP contribution is 2.30. The van der Waals surface area contributed by atoms with Gasteiger partial charge in [-0.05, 0) is 36.2 Å². The molecule has 0 saturated heterocycles. The molecule has 0 atom stereocenters. The zero-order chi connectivity index (χ0) is 19.9. The molecule has 0 unspecified atom stereocenters. The Bertz CT molecular complexity index is 955. The second-order valence-corrected chi connectivity index (χ2v) is 6.57. The second-order valence-electron chi connectivity index (χ2n) is 5.75. The first-order valence-corrected chi connectivity index (χ1v) is 9.20. The van der Waals surface area contributed by atoms with Crippen molar-refractivity contribution in [3.8, 4) is 11.5 Å². The Balaban J connectivity index is 1.61. The molecule has 3 aromatic rings. The molecule has 0 amide bonds. The zero-order valence-corrected chi connectivity index (χ0v) is 16.9. The fourth-order valence-electron chi connectivity index (χ4n) is 2.50. The highest BCUT2D eigenvalue weighted by molar-refractivity contribution is 6.42. The van der Waals surface area contributed by atoms with Crippen LogP contribution in [-0.4, -0.2) is 35.7 Å². The molecular formula is C19H19Cl2N5O2. The van der Waals surface area contributed by atoms with Crippen molar-refractivity contribution in [3.63, 3.8) is 0 Å². The SMILES string of the molecule is COc1ccc(Nc2ncnc(NCCc3ccc(Cl)c(Cl)c3)n2)cc1OC. The topological polar surface area (TPSA) is 81.2 Å². The summed E-state index contributed by atoms with van der Waals surface area (Å²) in [6.45, 7) is 0.637. The minimum Gasteiger partial charge on any atom is -0.493 e. The van der Waals surface area contributed by atoms with Crippen molar-refractivity contribution in [3.05, 3.63) is 58.3 Å². The zero-order valence-electron chi connectivity index (χ0n) is 15.4. The molecular weight excluding hydrogens is 401 g/mol. The van der Waals surface area contributed by atoms with Gasteiger partial charge in [-0.15, -0.1) is 0 Å². The molecule has 0 bridgehead atoms. The highest BCUT2D eigenvalue weighted by atomic mass is 35.5. The van der Waals surface area contributed by atoms with E-state index < -0.39 is 0 Å². The maximum Gasteiger partial charge on any atom is 0.231 e. The van der Waals surface area contributed by atoms with Crippen molar-refractivity contribution in [1.82, 2.24) is 15.0 Å². The maximum atomic E-state index is 6.04. The standard InChI is InChI=1S/C19H19Cl2N5O2/c1-27-16-6-4-13(10-17(16)28-2)25-19-24-11-23-18(26-19)22-8-7-12-3-5-14(20)15(21)9-12/h3-6,9-11H,7-8H2,1-2H3,(H2,22,23,24,25,26). The van der Waals surface area contributed by atoms with Gasteiger partial charge in [0.25, 0.3) is 0 Å². The minimum absolute atomic E-state index is 0.416. The minimum atomic E-state index is 0.416. The number of rotatable bonds is 8. The normalized spacial score (nSPS) is 10.4. The lowest BCUT2D eigenvalue weighted by Gasteiger charge is -2.11. The number of anilines is 3. The van der Waals surface area contributed by atoms with Crippen LogP contribution in [0.3, 0.4) is 0 Å². The average molecular weight is 420 g/mol. The van der Waals surface area contributed by atoms with E-state index in [9.17, 15) is 0 Å². The van der Waals surface area contributed by atoms with Crippen molar-refractivity contribution >= 4 is 40.8 Å². The van der Waals surface area contributed by atoms with Crippen LogP contribution in [0.15, 0.2) is 42.7 Å². The van der Waals surface area contributed by atoms with Gasteiger partial charge in [-0.3, -0.25) is 0 Å². The third-order valence-corrected chi connectivity index (χ3v) is 4.63. The van der Waals surface area contributed by atoms with E-state index in [1.54, 1.807) is 32.4 Å². The summed E-state index contributed by atoms with van der Waals surface area (Å²) in [6, 6.07) is 11.0.